The average Bonchev–Trinajstić information content (AvgIpc) is 2.80. The zero-order valence-electron chi connectivity index (χ0n) is 16.7. The molecule has 1 aromatic carbocycles. The van der Waals surface area contributed by atoms with Crippen molar-refractivity contribution in [2.45, 2.75) is 12.2 Å². The van der Waals surface area contributed by atoms with Crippen molar-refractivity contribution in [2.24, 2.45) is 0 Å². The fourth-order valence-corrected chi connectivity index (χ4v) is 3.81. The quantitative estimate of drug-likeness (QED) is 0.533. The van der Waals surface area contributed by atoms with Gasteiger partial charge in [-0.15, -0.1) is 0 Å². The number of carbonyl (C=O) groups excluding carboxylic acids is 1. The SMILES string of the molecule is Nc1ncc(Cl)cc1C(=O)c1nc(N2CCNC(c3ccccc3)C2)ccc1C(F)(F)F.[HH].[HH].[HH]. The predicted molar refractivity (Wildman–Crippen MR) is 122 cm³/mol. The molecule has 1 unspecified atom stereocenters. The molecule has 1 fully saturated rings. The molecular formula is C22H25ClF3N5O. The number of benzene rings is 1. The Hall–Kier alpha value is -3.17. The predicted octanol–water partition coefficient (Wildman–Crippen LogP) is 4.85. The van der Waals surface area contributed by atoms with Crippen molar-refractivity contribution in [3.63, 3.8) is 0 Å². The minimum atomic E-state index is -4.77. The second-order valence-electron chi connectivity index (χ2n) is 7.34. The number of anilines is 2. The molecule has 1 aliphatic heterocycles. The van der Waals surface area contributed by atoms with E-state index in [1.54, 1.807) is 0 Å². The van der Waals surface area contributed by atoms with Crippen molar-refractivity contribution >= 4 is 29.0 Å². The van der Waals surface area contributed by atoms with Gasteiger partial charge in [0.25, 0.3) is 0 Å². The summed E-state index contributed by atoms with van der Waals surface area (Å²) in [5, 5.41) is 3.48. The smallest absolute Gasteiger partial charge is 0.383 e. The van der Waals surface area contributed by atoms with Crippen molar-refractivity contribution in [3.8, 4) is 0 Å². The number of hydrogen-bond acceptors (Lipinski definition) is 6. The number of pyridine rings is 2. The number of alkyl halides is 3. The van der Waals surface area contributed by atoms with Crippen LogP contribution in [0.4, 0.5) is 24.8 Å². The van der Waals surface area contributed by atoms with Crippen LogP contribution in [0.15, 0.2) is 54.7 Å². The Morgan fingerprint density at radius 3 is 2.69 bits per heavy atom. The monoisotopic (exact) mass is 467 g/mol. The average molecular weight is 468 g/mol. The molecule has 10 heteroatoms. The van der Waals surface area contributed by atoms with Crippen LogP contribution in [0.2, 0.25) is 5.02 Å². The van der Waals surface area contributed by atoms with E-state index in [0.29, 0.717) is 19.6 Å². The molecule has 3 aromatic rings. The van der Waals surface area contributed by atoms with Crippen molar-refractivity contribution < 1.29 is 22.2 Å². The molecule has 0 spiro atoms. The molecule has 3 N–H and O–H groups in total. The summed E-state index contributed by atoms with van der Waals surface area (Å²) in [4.78, 5) is 22.8. The van der Waals surface area contributed by atoms with Gasteiger partial charge < -0.3 is 16.0 Å². The van der Waals surface area contributed by atoms with Gasteiger partial charge in [0.15, 0.2) is 0 Å². The Morgan fingerprint density at radius 2 is 1.97 bits per heavy atom. The molecule has 32 heavy (non-hydrogen) atoms. The summed E-state index contributed by atoms with van der Waals surface area (Å²) in [6.07, 6.45) is -3.56. The van der Waals surface area contributed by atoms with Gasteiger partial charge in [0, 0.05) is 36.2 Å². The molecular weight excluding hydrogens is 443 g/mol. The first-order valence-electron chi connectivity index (χ1n) is 9.81. The standard InChI is InChI=1S/C22H19ClF3N5O.3H2/c23-14-10-15(21(27)29-11-14)20(32)19-16(22(24,25)26)6-7-18(30-19)31-9-8-28-17(12-31)13-4-2-1-3-5-13;;;/h1-7,10-11,17,28H,8-9,12H2,(H2,27,29);3*1H. The summed E-state index contributed by atoms with van der Waals surface area (Å²) in [5.41, 5.74) is 4.68. The molecule has 0 aliphatic carbocycles. The molecule has 1 atom stereocenters. The zero-order chi connectivity index (χ0) is 22.9. The highest BCUT2D eigenvalue weighted by Crippen LogP contribution is 2.34. The van der Waals surface area contributed by atoms with Gasteiger partial charge in [-0.3, -0.25) is 4.79 Å². The number of rotatable bonds is 4. The lowest BCUT2D eigenvalue weighted by atomic mass is 10.0. The second kappa shape index (κ2) is 8.76. The topological polar surface area (TPSA) is 84.1 Å². The molecule has 0 bridgehead atoms. The number of nitrogens with zero attached hydrogens (tertiary/aromatic N) is 3. The summed E-state index contributed by atoms with van der Waals surface area (Å²) in [6.45, 7) is 1.61. The molecule has 1 saturated heterocycles. The maximum absolute atomic E-state index is 13.7. The minimum Gasteiger partial charge on any atom is -0.383 e. The van der Waals surface area contributed by atoms with Gasteiger partial charge in [-0.05, 0) is 23.8 Å². The first kappa shape index (κ1) is 22.0. The van der Waals surface area contributed by atoms with Crippen LogP contribution in [0.25, 0.3) is 0 Å². The van der Waals surface area contributed by atoms with E-state index in [1.165, 1.54) is 18.3 Å². The number of nitrogens with one attached hydrogen (secondary N) is 1. The number of hydrogen-bond donors (Lipinski definition) is 2. The highest BCUT2D eigenvalue weighted by molar-refractivity contribution is 6.31. The van der Waals surface area contributed by atoms with E-state index in [4.69, 9.17) is 17.3 Å². The third kappa shape index (κ3) is 4.53. The summed E-state index contributed by atoms with van der Waals surface area (Å²) >= 11 is 5.88. The second-order valence-corrected chi connectivity index (χ2v) is 7.78. The molecule has 2 aromatic heterocycles. The Kier molecular flexibility index (Phi) is 6.03. The maximum atomic E-state index is 13.7. The number of nitrogens with two attached hydrogens (primary N) is 1. The van der Waals surface area contributed by atoms with Crippen LogP contribution in [0.3, 0.4) is 0 Å². The lowest BCUT2D eigenvalue weighted by Crippen LogP contribution is -2.46. The van der Waals surface area contributed by atoms with E-state index in [9.17, 15) is 18.0 Å². The highest BCUT2D eigenvalue weighted by Gasteiger charge is 2.37. The van der Waals surface area contributed by atoms with E-state index >= 15 is 0 Å². The molecule has 1 aliphatic rings. The third-order valence-corrected chi connectivity index (χ3v) is 5.44. The van der Waals surface area contributed by atoms with Crippen molar-refractivity contribution in [2.75, 3.05) is 30.3 Å². The number of ketones is 1. The van der Waals surface area contributed by atoms with Crippen molar-refractivity contribution in [3.05, 3.63) is 82.1 Å². The Morgan fingerprint density at radius 1 is 1.22 bits per heavy atom. The summed E-state index contributed by atoms with van der Waals surface area (Å²) in [5.74, 6) is -0.926. The first-order chi connectivity index (χ1) is 15.2. The number of halogens is 4. The maximum Gasteiger partial charge on any atom is 0.418 e. The van der Waals surface area contributed by atoms with Crippen LogP contribution in [-0.4, -0.2) is 35.4 Å². The largest absolute Gasteiger partial charge is 0.418 e. The van der Waals surface area contributed by atoms with E-state index in [0.717, 1.165) is 11.6 Å². The molecule has 3 heterocycles. The van der Waals surface area contributed by atoms with Gasteiger partial charge >= 0.3 is 6.18 Å². The molecule has 0 amide bonds. The summed E-state index contributed by atoms with van der Waals surface area (Å²) < 4.78 is 41.0. The van der Waals surface area contributed by atoms with Crippen LogP contribution in [0, 0.1) is 0 Å². The molecule has 6 nitrogen and oxygen atoms in total. The van der Waals surface area contributed by atoms with Crippen LogP contribution in [0.1, 0.15) is 37.5 Å². The fraction of sp³-hybridized carbons (Fsp3) is 0.227. The number of piperazine rings is 1. The Bertz CT molecular complexity index is 1150. The van der Waals surface area contributed by atoms with E-state index in [1.807, 2.05) is 35.2 Å². The van der Waals surface area contributed by atoms with Gasteiger partial charge in [-0.1, -0.05) is 41.9 Å². The van der Waals surface area contributed by atoms with Crippen LogP contribution in [-0.2, 0) is 6.18 Å². The van der Waals surface area contributed by atoms with Crippen LogP contribution in [0.5, 0.6) is 0 Å². The van der Waals surface area contributed by atoms with Gasteiger partial charge in [0.05, 0.1) is 16.1 Å². The van der Waals surface area contributed by atoms with Gasteiger partial charge in [0.1, 0.15) is 17.3 Å². The van der Waals surface area contributed by atoms with E-state index in [-0.39, 0.29) is 32.5 Å². The fourth-order valence-electron chi connectivity index (χ4n) is 3.65. The number of carbonyl (C=O) groups is 1. The summed E-state index contributed by atoms with van der Waals surface area (Å²) in [7, 11) is 0. The van der Waals surface area contributed by atoms with Gasteiger partial charge in [0.2, 0.25) is 5.78 Å². The van der Waals surface area contributed by atoms with Crippen LogP contribution >= 0.6 is 11.6 Å². The Balaban J connectivity index is 0.00000204. The summed E-state index contributed by atoms with van der Waals surface area (Å²) in [6, 6.07) is 13.0. The van der Waals surface area contributed by atoms with Gasteiger partial charge in [-0.2, -0.15) is 13.2 Å². The van der Waals surface area contributed by atoms with E-state index < -0.39 is 23.2 Å². The van der Waals surface area contributed by atoms with Crippen molar-refractivity contribution in [1.82, 2.24) is 15.3 Å². The number of nitrogen functional groups attached to an aromatic ring is 1. The molecule has 172 valence electrons. The molecule has 4 rings (SSSR count). The number of aromatic nitrogens is 2. The Labute approximate surface area is 191 Å². The lowest BCUT2D eigenvalue weighted by Gasteiger charge is -2.35. The highest BCUT2D eigenvalue weighted by atomic mass is 35.5. The lowest BCUT2D eigenvalue weighted by molar-refractivity contribution is -0.138. The molecule has 0 radical (unpaired) electrons. The normalized spacial score (nSPS) is 16.8. The van der Waals surface area contributed by atoms with Crippen LogP contribution < -0.4 is 16.0 Å². The van der Waals surface area contributed by atoms with Crippen molar-refractivity contribution in [1.29, 1.82) is 0 Å². The minimum absolute atomic E-state index is 0. The van der Waals surface area contributed by atoms with Gasteiger partial charge in [-0.25, -0.2) is 9.97 Å². The van der Waals surface area contributed by atoms with E-state index in [2.05, 4.69) is 15.3 Å². The first-order valence-corrected chi connectivity index (χ1v) is 10.2. The third-order valence-electron chi connectivity index (χ3n) is 5.23. The molecule has 0 saturated carbocycles. The zero-order valence-corrected chi connectivity index (χ0v) is 17.5.